The van der Waals surface area contributed by atoms with E-state index in [2.05, 4.69) is 33.8 Å². The minimum Gasteiger partial charge on any atom is -0.493 e. The summed E-state index contributed by atoms with van der Waals surface area (Å²) in [5.74, 6) is 2.06. The number of rotatable bonds is 10. The number of hydrogen-bond acceptors (Lipinski definition) is 8. The van der Waals surface area contributed by atoms with E-state index in [0.29, 0.717) is 47.0 Å². The maximum Gasteiger partial charge on any atom is 0.349 e. The molecule has 1 atom stereocenters. The first kappa shape index (κ1) is 28.4. The summed E-state index contributed by atoms with van der Waals surface area (Å²) in [6.45, 7) is 8.64. The Hall–Kier alpha value is -4.64. The molecular formula is C32H34N2O6. The van der Waals surface area contributed by atoms with Gasteiger partial charge in [-0.05, 0) is 53.3 Å². The van der Waals surface area contributed by atoms with Crippen LogP contribution in [0.4, 0.5) is 0 Å². The molecule has 8 nitrogen and oxygen atoms in total. The van der Waals surface area contributed by atoms with Gasteiger partial charge in [0.2, 0.25) is 5.88 Å². The number of nitriles is 1. The number of ether oxygens (including phenoxy) is 5. The van der Waals surface area contributed by atoms with Crippen LogP contribution in [0.15, 0.2) is 72.1 Å². The van der Waals surface area contributed by atoms with Crippen LogP contribution in [0.25, 0.3) is 0 Å². The highest BCUT2D eigenvalue weighted by molar-refractivity contribution is 5.74. The molecule has 4 rings (SSSR count). The van der Waals surface area contributed by atoms with Crippen LogP contribution in [0.1, 0.15) is 56.2 Å². The molecule has 0 saturated heterocycles. The Morgan fingerprint density at radius 2 is 1.70 bits per heavy atom. The zero-order chi connectivity index (χ0) is 28.8. The van der Waals surface area contributed by atoms with Gasteiger partial charge in [0.15, 0.2) is 18.1 Å². The predicted octanol–water partition coefficient (Wildman–Crippen LogP) is 6.06. The lowest BCUT2D eigenvalue weighted by Crippen LogP contribution is -2.22. The molecular weight excluding hydrogens is 508 g/mol. The van der Waals surface area contributed by atoms with Gasteiger partial charge in [0.05, 0.1) is 19.6 Å². The number of benzene rings is 3. The van der Waals surface area contributed by atoms with E-state index < -0.39 is 11.9 Å². The molecule has 2 N–H and O–H groups in total. The molecule has 0 aromatic heterocycles. The first-order valence-corrected chi connectivity index (χ1v) is 13.2. The summed E-state index contributed by atoms with van der Waals surface area (Å²) >= 11 is 0. The van der Waals surface area contributed by atoms with Gasteiger partial charge in [0, 0.05) is 11.6 Å². The van der Waals surface area contributed by atoms with E-state index in [1.54, 1.807) is 25.3 Å². The third-order valence-corrected chi connectivity index (χ3v) is 6.42. The first-order chi connectivity index (χ1) is 19.2. The summed E-state index contributed by atoms with van der Waals surface area (Å²) < 4.78 is 28.3. The van der Waals surface area contributed by atoms with Crippen LogP contribution in [0.3, 0.4) is 0 Å². The van der Waals surface area contributed by atoms with Gasteiger partial charge in [-0.1, -0.05) is 52.0 Å². The summed E-state index contributed by atoms with van der Waals surface area (Å²) in [5.41, 5.74) is 9.09. The van der Waals surface area contributed by atoms with Crippen LogP contribution in [0, 0.1) is 17.2 Å². The van der Waals surface area contributed by atoms with E-state index in [1.807, 2.05) is 42.5 Å². The quantitative estimate of drug-likeness (QED) is 0.243. The van der Waals surface area contributed by atoms with Crippen molar-refractivity contribution in [2.75, 3.05) is 20.3 Å². The molecule has 0 aliphatic carbocycles. The van der Waals surface area contributed by atoms with Crippen molar-refractivity contribution in [1.29, 1.82) is 5.26 Å². The first-order valence-electron chi connectivity index (χ1n) is 13.2. The van der Waals surface area contributed by atoms with Gasteiger partial charge in [-0.3, -0.25) is 0 Å². The summed E-state index contributed by atoms with van der Waals surface area (Å²) in [6.07, 6.45) is 0. The number of nitrogens with two attached hydrogens (primary N) is 1. The Morgan fingerprint density at radius 1 is 0.975 bits per heavy atom. The van der Waals surface area contributed by atoms with E-state index in [9.17, 15) is 10.1 Å². The molecule has 1 unspecified atom stereocenters. The van der Waals surface area contributed by atoms with Crippen LogP contribution in [0.2, 0.25) is 0 Å². The molecule has 0 bridgehead atoms. The normalized spacial score (nSPS) is 14.3. The lowest BCUT2D eigenvalue weighted by Gasteiger charge is -2.27. The number of carbonyl (C=O) groups is 1. The average Bonchev–Trinajstić information content (AvgIpc) is 2.94. The number of nitrogens with zero attached hydrogens (tertiary/aromatic N) is 1. The highest BCUT2D eigenvalue weighted by atomic mass is 16.6. The fourth-order valence-electron chi connectivity index (χ4n) is 4.33. The number of methoxy groups -OCH3 is 1. The number of hydrogen-bond donors (Lipinski definition) is 1. The van der Waals surface area contributed by atoms with E-state index in [1.165, 1.54) is 5.56 Å². The van der Waals surface area contributed by atoms with Gasteiger partial charge in [0.1, 0.15) is 28.9 Å². The van der Waals surface area contributed by atoms with Crippen LogP contribution < -0.4 is 29.4 Å². The molecule has 0 fully saturated rings. The van der Waals surface area contributed by atoms with Crippen molar-refractivity contribution >= 4 is 5.97 Å². The molecule has 1 heterocycles. The number of allylic oxidation sites excluding steroid dienone is 1. The fraction of sp³-hybridized carbons (Fsp3) is 0.312. The van der Waals surface area contributed by atoms with Crippen molar-refractivity contribution < 1.29 is 28.5 Å². The lowest BCUT2D eigenvalue weighted by atomic mass is 9.83. The summed E-state index contributed by atoms with van der Waals surface area (Å²) in [6, 6.07) is 20.3. The Bertz CT molecular complexity index is 1440. The molecule has 8 heteroatoms. The smallest absolute Gasteiger partial charge is 0.349 e. The monoisotopic (exact) mass is 542 g/mol. The molecule has 1 aliphatic rings. The van der Waals surface area contributed by atoms with E-state index >= 15 is 0 Å². The highest BCUT2D eigenvalue weighted by Gasteiger charge is 2.32. The van der Waals surface area contributed by atoms with Crippen molar-refractivity contribution in [3.8, 4) is 34.8 Å². The Balaban J connectivity index is 1.53. The van der Waals surface area contributed by atoms with Crippen LogP contribution in [-0.4, -0.2) is 26.3 Å². The van der Waals surface area contributed by atoms with E-state index in [0.717, 1.165) is 5.56 Å². The van der Waals surface area contributed by atoms with Gasteiger partial charge < -0.3 is 29.4 Å². The second-order valence-electron chi connectivity index (χ2n) is 10.2. The largest absolute Gasteiger partial charge is 0.493 e. The zero-order valence-electron chi connectivity index (χ0n) is 23.4. The SMILES string of the molecule is COc1cc(C2C(C#N)=C(N)Oc3cc(OC(=O)COc4ccc(C(C)C)cc4)ccc32)ccc1OCC(C)C. The maximum absolute atomic E-state index is 12.5. The minimum absolute atomic E-state index is 0.0178. The van der Waals surface area contributed by atoms with Gasteiger partial charge in [-0.25, -0.2) is 4.79 Å². The number of fused-ring (bicyclic) bond motifs is 1. The van der Waals surface area contributed by atoms with Crippen LogP contribution in [-0.2, 0) is 4.79 Å². The van der Waals surface area contributed by atoms with Gasteiger partial charge in [-0.15, -0.1) is 0 Å². The van der Waals surface area contributed by atoms with E-state index in [4.69, 9.17) is 29.4 Å². The van der Waals surface area contributed by atoms with Crippen molar-refractivity contribution in [2.45, 2.75) is 39.5 Å². The van der Waals surface area contributed by atoms with Crippen molar-refractivity contribution in [1.82, 2.24) is 0 Å². The lowest BCUT2D eigenvalue weighted by molar-refractivity contribution is -0.136. The third kappa shape index (κ3) is 6.49. The molecule has 1 aliphatic heterocycles. The molecule has 0 spiro atoms. The number of esters is 1. The maximum atomic E-state index is 12.5. The second-order valence-corrected chi connectivity index (χ2v) is 10.2. The minimum atomic E-state index is -0.566. The molecule has 3 aromatic rings. The average molecular weight is 543 g/mol. The molecule has 0 radical (unpaired) electrons. The van der Waals surface area contributed by atoms with Crippen molar-refractivity contribution in [3.05, 3.63) is 88.8 Å². The molecule has 40 heavy (non-hydrogen) atoms. The molecule has 208 valence electrons. The van der Waals surface area contributed by atoms with Crippen molar-refractivity contribution in [3.63, 3.8) is 0 Å². The number of carbonyl (C=O) groups excluding carboxylic acids is 1. The van der Waals surface area contributed by atoms with Gasteiger partial charge in [0.25, 0.3) is 0 Å². The summed E-state index contributed by atoms with van der Waals surface area (Å²) in [5, 5.41) is 9.91. The van der Waals surface area contributed by atoms with Crippen LogP contribution in [0.5, 0.6) is 28.7 Å². The zero-order valence-corrected chi connectivity index (χ0v) is 23.4. The Labute approximate surface area is 234 Å². The third-order valence-electron chi connectivity index (χ3n) is 6.42. The topological polar surface area (TPSA) is 113 Å². The Morgan fingerprint density at radius 3 is 2.35 bits per heavy atom. The van der Waals surface area contributed by atoms with Gasteiger partial charge >= 0.3 is 5.97 Å². The molecule has 3 aromatic carbocycles. The standard InChI is InChI=1S/C32H34N2O6/c1-19(2)17-38-27-13-8-22(14-29(27)36-5)31-25-12-11-24(15-28(25)40-32(34)26(31)16-33)39-30(35)18-37-23-9-6-21(7-10-23)20(3)4/h6-15,19-20,31H,17-18,34H2,1-5H3. The molecule has 0 saturated carbocycles. The molecule has 0 amide bonds. The Kier molecular flexibility index (Phi) is 8.85. The summed E-state index contributed by atoms with van der Waals surface area (Å²) in [4.78, 5) is 12.5. The van der Waals surface area contributed by atoms with E-state index in [-0.39, 0.29) is 23.8 Å². The second kappa shape index (κ2) is 12.5. The van der Waals surface area contributed by atoms with Crippen LogP contribution >= 0.6 is 0 Å². The van der Waals surface area contributed by atoms with Gasteiger partial charge in [-0.2, -0.15) is 5.26 Å². The fourth-order valence-corrected chi connectivity index (χ4v) is 4.33. The van der Waals surface area contributed by atoms with Crippen molar-refractivity contribution in [2.24, 2.45) is 11.7 Å². The highest BCUT2D eigenvalue weighted by Crippen LogP contribution is 2.45. The predicted molar refractivity (Wildman–Crippen MR) is 151 cm³/mol. The summed E-state index contributed by atoms with van der Waals surface area (Å²) in [7, 11) is 1.57.